The highest BCUT2D eigenvalue weighted by molar-refractivity contribution is 14.0. The molecule has 5 nitrogen and oxygen atoms in total. The van der Waals surface area contributed by atoms with E-state index in [0.29, 0.717) is 26.2 Å². The van der Waals surface area contributed by atoms with Gasteiger partial charge in [-0.15, -0.1) is 24.0 Å². The zero-order chi connectivity index (χ0) is 20.3. The third-order valence-corrected chi connectivity index (χ3v) is 4.86. The van der Waals surface area contributed by atoms with E-state index in [4.69, 9.17) is 5.73 Å². The molecule has 0 bridgehead atoms. The van der Waals surface area contributed by atoms with Gasteiger partial charge in [-0.25, -0.2) is 18.2 Å². The van der Waals surface area contributed by atoms with E-state index in [1.807, 2.05) is 4.90 Å². The average molecular weight is 520 g/mol. The van der Waals surface area contributed by atoms with Crippen LogP contribution in [0.25, 0.3) is 0 Å². The number of anilines is 1. The molecule has 2 aromatic rings. The monoisotopic (exact) mass is 520 g/mol. The molecule has 1 aliphatic heterocycles. The van der Waals surface area contributed by atoms with E-state index in [0.717, 1.165) is 17.8 Å². The molecule has 0 aromatic heterocycles. The average Bonchev–Trinajstić information content (AvgIpc) is 2.66. The lowest BCUT2D eigenvalue weighted by molar-refractivity contribution is 0.0630. The molecule has 0 saturated carbocycles. The zero-order valence-electron chi connectivity index (χ0n) is 16.0. The summed E-state index contributed by atoms with van der Waals surface area (Å²) in [5.41, 5.74) is 5.33. The molecule has 3 N–H and O–H groups in total. The number of rotatable bonds is 4. The normalized spacial score (nSPS) is 16.9. The highest BCUT2D eigenvalue weighted by Gasteiger charge is 2.27. The van der Waals surface area contributed by atoms with Crippen molar-refractivity contribution in [2.75, 3.05) is 37.6 Å². The van der Waals surface area contributed by atoms with Crippen molar-refractivity contribution in [2.45, 2.75) is 12.5 Å². The number of nitrogens with zero attached hydrogens (tertiary/aromatic N) is 3. The van der Waals surface area contributed by atoms with Crippen molar-refractivity contribution >= 4 is 35.6 Å². The van der Waals surface area contributed by atoms with Crippen LogP contribution in [0.4, 0.5) is 18.9 Å². The van der Waals surface area contributed by atoms with Crippen LogP contribution in [0.5, 0.6) is 0 Å². The minimum atomic E-state index is -1.61. The van der Waals surface area contributed by atoms with E-state index in [-0.39, 0.29) is 47.9 Å². The van der Waals surface area contributed by atoms with E-state index >= 15 is 0 Å². The molecule has 1 saturated heterocycles. The first-order chi connectivity index (χ1) is 13.3. The van der Waals surface area contributed by atoms with Gasteiger partial charge in [0.05, 0.1) is 6.54 Å². The number of benzene rings is 2. The second kappa shape index (κ2) is 9.66. The molecule has 0 spiro atoms. The van der Waals surface area contributed by atoms with E-state index < -0.39 is 17.2 Å². The first kappa shape index (κ1) is 23.3. The molecule has 1 aliphatic rings. The Hall–Kier alpha value is -2.01. The largest absolute Gasteiger partial charge is 0.383 e. The second-order valence-electron chi connectivity index (χ2n) is 7.02. The van der Waals surface area contributed by atoms with Gasteiger partial charge in [-0.3, -0.25) is 0 Å². The van der Waals surface area contributed by atoms with Crippen molar-refractivity contribution in [3.05, 3.63) is 65.5 Å². The fourth-order valence-electron chi connectivity index (χ4n) is 3.19. The van der Waals surface area contributed by atoms with E-state index in [2.05, 4.69) is 9.89 Å². The molecule has 9 heteroatoms. The van der Waals surface area contributed by atoms with Crippen LogP contribution >= 0.6 is 24.0 Å². The van der Waals surface area contributed by atoms with Crippen molar-refractivity contribution in [1.82, 2.24) is 4.90 Å². The van der Waals surface area contributed by atoms with E-state index in [1.54, 1.807) is 12.1 Å². The van der Waals surface area contributed by atoms with Crippen LogP contribution in [0.2, 0.25) is 0 Å². The van der Waals surface area contributed by atoms with Gasteiger partial charge in [-0.05, 0) is 37.3 Å². The summed E-state index contributed by atoms with van der Waals surface area (Å²) in [6.45, 7) is 3.85. The predicted octanol–water partition coefficient (Wildman–Crippen LogP) is 3.07. The van der Waals surface area contributed by atoms with Gasteiger partial charge in [-0.1, -0.05) is 6.07 Å². The SMILES string of the molecule is CC(O)(CN=C(N)N1CCN(c2ccc(F)cc2)CC1)c1ccc(F)cc1F.I. The molecule has 1 atom stereocenters. The molecular formula is C20H24F3IN4O. The first-order valence-electron chi connectivity index (χ1n) is 8.99. The van der Waals surface area contributed by atoms with Crippen molar-refractivity contribution in [2.24, 2.45) is 10.7 Å². The smallest absolute Gasteiger partial charge is 0.191 e. The van der Waals surface area contributed by atoms with Crippen molar-refractivity contribution < 1.29 is 18.3 Å². The number of nitrogens with two attached hydrogens (primary N) is 1. The second-order valence-corrected chi connectivity index (χ2v) is 7.02. The molecule has 0 radical (unpaired) electrons. The first-order valence-corrected chi connectivity index (χ1v) is 8.99. The van der Waals surface area contributed by atoms with Crippen LogP contribution in [0.15, 0.2) is 47.5 Å². The fourth-order valence-corrected chi connectivity index (χ4v) is 3.19. The van der Waals surface area contributed by atoms with Crippen LogP contribution in [-0.2, 0) is 5.60 Å². The number of hydrogen-bond donors (Lipinski definition) is 2. The van der Waals surface area contributed by atoms with Gasteiger partial charge in [0, 0.05) is 43.5 Å². The lowest BCUT2D eigenvalue weighted by Crippen LogP contribution is -2.51. The minimum absolute atomic E-state index is 0. The van der Waals surface area contributed by atoms with Crippen LogP contribution < -0.4 is 10.6 Å². The van der Waals surface area contributed by atoms with Crippen molar-refractivity contribution in [3.63, 3.8) is 0 Å². The Morgan fingerprint density at radius 3 is 2.21 bits per heavy atom. The van der Waals surface area contributed by atoms with Gasteiger partial charge < -0.3 is 20.6 Å². The maximum Gasteiger partial charge on any atom is 0.191 e. The third-order valence-electron chi connectivity index (χ3n) is 4.86. The molecule has 158 valence electrons. The molecule has 2 aromatic carbocycles. The van der Waals surface area contributed by atoms with Crippen molar-refractivity contribution in [3.8, 4) is 0 Å². The molecule has 1 heterocycles. The Morgan fingerprint density at radius 1 is 1.03 bits per heavy atom. The van der Waals surface area contributed by atoms with Gasteiger partial charge >= 0.3 is 0 Å². The van der Waals surface area contributed by atoms with Crippen LogP contribution in [-0.4, -0.2) is 48.7 Å². The number of aliphatic imine (C=N–C) groups is 1. The summed E-state index contributed by atoms with van der Waals surface area (Å²) in [4.78, 5) is 8.20. The summed E-state index contributed by atoms with van der Waals surface area (Å²) in [5.74, 6) is -1.56. The number of guanidine groups is 1. The highest BCUT2D eigenvalue weighted by atomic mass is 127. The number of aliphatic hydroxyl groups is 1. The molecule has 0 aliphatic carbocycles. The summed E-state index contributed by atoms with van der Waals surface area (Å²) >= 11 is 0. The van der Waals surface area contributed by atoms with Gasteiger partial charge in [0.15, 0.2) is 5.96 Å². The van der Waals surface area contributed by atoms with Crippen molar-refractivity contribution in [1.29, 1.82) is 0 Å². The van der Waals surface area contributed by atoms with Crippen LogP contribution in [0.3, 0.4) is 0 Å². The number of halogens is 4. The maximum absolute atomic E-state index is 13.9. The van der Waals surface area contributed by atoms with Crippen LogP contribution in [0.1, 0.15) is 12.5 Å². The highest BCUT2D eigenvalue weighted by Crippen LogP contribution is 2.24. The topological polar surface area (TPSA) is 65.1 Å². The predicted molar refractivity (Wildman–Crippen MR) is 118 cm³/mol. The van der Waals surface area contributed by atoms with E-state index in [9.17, 15) is 18.3 Å². The summed E-state index contributed by atoms with van der Waals surface area (Å²) < 4.78 is 40.1. The Kier molecular flexibility index (Phi) is 7.75. The molecule has 0 amide bonds. The maximum atomic E-state index is 13.9. The lowest BCUT2D eigenvalue weighted by atomic mass is 9.95. The Labute approximate surface area is 185 Å². The van der Waals surface area contributed by atoms with Gasteiger partial charge in [-0.2, -0.15) is 0 Å². The fraction of sp³-hybridized carbons (Fsp3) is 0.350. The summed E-state index contributed by atoms with van der Waals surface area (Å²) in [6.07, 6.45) is 0. The van der Waals surface area contributed by atoms with Gasteiger partial charge in [0.1, 0.15) is 23.1 Å². The van der Waals surface area contributed by atoms with Crippen LogP contribution in [0, 0.1) is 17.5 Å². The Balaban J connectivity index is 0.00000300. The van der Waals surface area contributed by atoms with E-state index in [1.165, 1.54) is 25.1 Å². The number of hydrogen-bond acceptors (Lipinski definition) is 3. The van der Waals surface area contributed by atoms with Gasteiger partial charge in [0.2, 0.25) is 0 Å². The molecular weight excluding hydrogens is 496 g/mol. The standard InChI is InChI=1S/C20H23F3N4O.HI/c1-20(28,17-7-4-15(22)12-18(17)23)13-25-19(24)27-10-8-26(9-11-27)16-5-2-14(21)3-6-16;/h2-7,12,28H,8-11,13H2,1H3,(H2,24,25);1H. The number of piperazine rings is 1. The van der Waals surface area contributed by atoms with Gasteiger partial charge in [0.25, 0.3) is 0 Å². The molecule has 3 rings (SSSR count). The Morgan fingerprint density at radius 2 is 1.62 bits per heavy atom. The minimum Gasteiger partial charge on any atom is -0.383 e. The Bertz CT molecular complexity index is 853. The molecule has 29 heavy (non-hydrogen) atoms. The zero-order valence-corrected chi connectivity index (χ0v) is 18.3. The lowest BCUT2D eigenvalue weighted by Gasteiger charge is -2.36. The molecule has 1 unspecified atom stereocenters. The quantitative estimate of drug-likeness (QED) is 0.370. The third kappa shape index (κ3) is 5.75. The summed E-state index contributed by atoms with van der Waals surface area (Å²) in [7, 11) is 0. The molecule has 1 fully saturated rings. The summed E-state index contributed by atoms with van der Waals surface area (Å²) in [6, 6.07) is 9.34. The summed E-state index contributed by atoms with van der Waals surface area (Å²) in [5, 5.41) is 10.5.